The lowest BCUT2D eigenvalue weighted by Gasteiger charge is -2.11. The van der Waals surface area contributed by atoms with E-state index in [0.29, 0.717) is 17.4 Å². The molecule has 2 heterocycles. The quantitative estimate of drug-likeness (QED) is 0.506. The summed E-state index contributed by atoms with van der Waals surface area (Å²) < 4.78 is 94.6. The highest BCUT2D eigenvalue weighted by Crippen LogP contribution is 2.41. The first-order chi connectivity index (χ1) is 13.6. The lowest BCUT2D eigenvalue weighted by molar-refractivity contribution is -0.142. The van der Waals surface area contributed by atoms with Gasteiger partial charge in [-0.2, -0.15) is 18.3 Å². The van der Waals surface area contributed by atoms with Gasteiger partial charge in [-0.25, -0.2) is 27.1 Å². The number of alkyl halides is 3. The monoisotopic (exact) mass is 418 g/mol. The molecule has 0 saturated heterocycles. The lowest BCUT2D eigenvalue weighted by Crippen LogP contribution is -2.17. The Bertz CT molecular complexity index is 1120. The van der Waals surface area contributed by atoms with Crippen LogP contribution in [0.25, 0.3) is 5.65 Å². The van der Waals surface area contributed by atoms with Crippen molar-refractivity contribution in [3.8, 4) is 0 Å². The number of hydrogen-bond donors (Lipinski definition) is 1. The van der Waals surface area contributed by atoms with Crippen LogP contribution in [0.4, 0.5) is 36.4 Å². The molecule has 1 amide bonds. The first kappa shape index (κ1) is 19.2. The molecule has 0 aliphatic heterocycles. The van der Waals surface area contributed by atoms with Gasteiger partial charge in [0.1, 0.15) is 16.9 Å². The summed E-state index contributed by atoms with van der Waals surface area (Å²) in [7, 11) is 0. The van der Waals surface area contributed by atoms with Gasteiger partial charge in [0.2, 0.25) is 0 Å². The number of amides is 1. The van der Waals surface area contributed by atoms with Gasteiger partial charge in [0.25, 0.3) is 5.91 Å². The Kier molecular flexibility index (Phi) is 4.24. The predicted molar refractivity (Wildman–Crippen MR) is 84.2 cm³/mol. The first-order valence-corrected chi connectivity index (χ1v) is 8.18. The Balaban J connectivity index is 1.81. The third kappa shape index (κ3) is 3.28. The molecule has 1 aliphatic carbocycles. The number of benzene rings is 1. The molecule has 3 aromatic rings. The average Bonchev–Trinajstić information content (AvgIpc) is 3.41. The van der Waals surface area contributed by atoms with Crippen LogP contribution in [-0.4, -0.2) is 20.5 Å². The number of carbonyl (C=O) groups excluding carboxylic acids is 1. The number of aromatic nitrogens is 3. The van der Waals surface area contributed by atoms with Crippen LogP contribution in [-0.2, 0) is 6.18 Å². The zero-order valence-electron chi connectivity index (χ0n) is 14.1. The minimum Gasteiger partial charge on any atom is -0.317 e. The summed E-state index contributed by atoms with van der Waals surface area (Å²) in [5, 5.41) is 5.12. The van der Waals surface area contributed by atoms with Gasteiger partial charge in [-0.05, 0) is 18.9 Å². The summed E-state index contributed by atoms with van der Waals surface area (Å²) in [6.07, 6.45) is -2.85. The van der Waals surface area contributed by atoms with E-state index < -0.39 is 57.9 Å². The van der Waals surface area contributed by atoms with Crippen LogP contribution in [0.15, 0.2) is 18.3 Å². The Labute approximate surface area is 157 Å². The molecule has 0 unspecified atom stereocenters. The van der Waals surface area contributed by atoms with Crippen molar-refractivity contribution in [2.45, 2.75) is 24.9 Å². The number of rotatable bonds is 3. The van der Waals surface area contributed by atoms with Crippen LogP contribution in [0.5, 0.6) is 0 Å². The Morgan fingerprint density at radius 2 is 1.69 bits per heavy atom. The van der Waals surface area contributed by atoms with Gasteiger partial charge in [0, 0.05) is 17.7 Å². The van der Waals surface area contributed by atoms with Crippen LogP contribution in [0, 0.1) is 23.3 Å². The van der Waals surface area contributed by atoms with Gasteiger partial charge in [0.15, 0.2) is 28.9 Å². The molecule has 1 aromatic carbocycles. The van der Waals surface area contributed by atoms with Crippen LogP contribution in [0.1, 0.15) is 40.5 Å². The number of nitrogens with one attached hydrogen (secondary N) is 1. The Hall–Kier alpha value is -3.18. The topological polar surface area (TPSA) is 59.3 Å². The molecule has 5 nitrogen and oxygen atoms in total. The molecular formula is C17H9F7N4O. The van der Waals surface area contributed by atoms with Gasteiger partial charge in [-0.3, -0.25) is 4.79 Å². The smallest absolute Gasteiger partial charge is 0.317 e. The fourth-order valence-corrected chi connectivity index (χ4v) is 2.80. The second kappa shape index (κ2) is 6.42. The minimum absolute atomic E-state index is 0.0469. The van der Waals surface area contributed by atoms with Gasteiger partial charge in [-0.15, -0.1) is 0 Å². The van der Waals surface area contributed by atoms with Crippen molar-refractivity contribution >= 4 is 17.2 Å². The van der Waals surface area contributed by atoms with Gasteiger partial charge in [-0.1, -0.05) is 0 Å². The van der Waals surface area contributed by atoms with Crippen LogP contribution in [0.2, 0.25) is 0 Å². The maximum Gasteiger partial charge on any atom is 0.433 e. The van der Waals surface area contributed by atoms with Crippen molar-refractivity contribution in [1.29, 1.82) is 0 Å². The molecule has 2 aromatic heterocycles. The zero-order valence-corrected chi connectivity index (χ0v) is 14.1. The van der Waals surface area contributed by atoms with Crippen LogP contribution < -0.4 is 5.32 Å². The molecular weight excluding hydrogens is 409 g/mol. The molecule has 1 aliphatic rings. The number of anilines is 1. The molecule has 0 spiro atoms. The van der Waals surface area contributed by atoms with Crippen molar-refractivity contribution in [2.24, 2.45) is 0 Å². The lowest BCUT2D eigenvalue weighted by atomic mass is 10.2. The largest absolute Gasteiger partial charge is 0.433 e. The second-order valence-electron chi connectivity index (χ2n) is 6.43. The summed E-state index contributed by atoms with van der Waals surface area (Å²) in [6.45, 7) is 0. The summed E-state index contributed by atoms with van der Waals surface area (Å²) in [5.74, 6) is -8.79. The fourth-order valence-electron chi connectivity index (χ4n) is 2.80. The SMILES string of the molecule is O=C(Nc1c(F)c(F)cc(F)c1F)c1cnn2c(C(F)(F)F)cc(C3CC3)nc12. The van der Waals surface area contributed by atoms with Crippen LogP contribution in [0.3, 0.4) is 0 Å². The summed E-state index contributed by atoms with van der Waals surface area (Å²) in [6, 6.07) is 0.773. The van der Waals surface area contributed by atoms with Crippen molar-refractivity contribution in [2.75, 3.05) is 5.32 Å². The maximum atomic E-state index is 13.8. The van der Waals surface area contributed by atoms with E-state index in [4.69, 9.17) is 0 Å². The van der Waals surface area contributed by atoms with E-state index in [-0.39, 0.29) is 17.7 Å². The van der Waals surface area contributed by atoms with Crippen molar-refractivity contribution in [1.82, 2.24) is 14.6 Å². The number of hydrogen-bond acceptors (Lipinski definition) is 3. The third-order valence-electron chi connectivity index (χ3n) is 4.37. The highest BCUT2D eigenvalue weighted by Gasteiger charge is 2.38. The van der Waals surface area contributed by atoms with E-state index in [1.807, 2.05) is 0 Å². The van der Waals surface area contributed by atoms with Crippen molar-refractivity contribution in [3.05, 3.63) is 58.5 Å². The van der Waals surface area contributed by atoms with E-state index in [1.54, 1.807) is 5.32 Å². The number of carbonyl (C=O) groups is 1. The molecule has 1 saturated carbocycles. The Morgan fingerprint density at radius 1 is 1.07 bits per heavy atom. The molecule has 29 heavy (non-hydrogen) atoms. The standard InChI is InChI=1S/C17H9F7N4O/c18-8-3-9(19)13(21)14(12(8)20)27-16(29)7-5-25-28-11(17(22,23)24)4-10(6-1-2-6)26-15(7)28/h3-6H,1-2H2,(H,27,29). The highest BCUT2D eigenvalue weighted by molar-refractivity contribution is 6.08. The molecule has 4 rings (SSSR count). The predicted octanol–water partition coefficient (Wildman–Crippen LogP) is 4.43. The first-order valence-electron chi connectivity index (χ1n) is 8.18. The molecule has 1 fully saturated rings. The van der Waals surface area contributed by atoms with Crippen molar-refractivity contribution < 1.29 is 35.5 Å². The molecule has 0 atom stereocenters. The van der Waals surface area contributed by atoms with E-state index in [2.05, 4.69) is 10.1 Å². The zero-order chi connectivity index (χ0) is 21.1. The molecule has 0 radical (unpaired) electrons. The van der Waals surface area contributed by atoms with Crippen LogP contribution >= 0.6 is 0 Å². The van der Waals surface area contributed by atoms with Gasteiger partial charge < -0.3 is 5.32 Å². The number of nitrogens with zero attached hydrogens (tertiary/aromatic N) is 3. The Morgan fingerprint density at radius 3 is 2.24 bits per heavy atom. The molecule has 152 valence electrons. The summed E-state index contributed by atoms with van der Waals surface area (Å²) >= 11 is 0. The number of fused-ring (bicyclic) bond motifs is 1. The van der Waals surface area contributed by atoms with E-state index in [1.165, 1.54) is 0 Å². The minimum atomic E-state index is -4.81. The van der Waals surface area contributed by atoms with E-state index in [0.717, 1.165) is 12.3 Å². The average molecular weight is 418 g/mol. The third-order valence-corrected chi connectivity index (χ3v) is 4.37. The van der Waals surface area contributed by atoms with E-state index >= 15 is 0 Å². The van der Waals surface area contributed by atoms with Gasteiger partial charge in [0.05, 0.1) is 6.20 Å². The second-order valence-corrected chi connectivity index (χ2v) is 6.43. The maximum absolute atomic E-state index is 13.8. The normalized spacial score (nSPS) is 14.4. The van der Waals surface area contributed by atoms with Crippen molar-refractivity contribution in [3.63, 3.8) is 0 Å². The summed E-state index contributed by atoms with van der Waals surface area (Å²) in [5.41, 5.74) is -3.56. The fraction of sp³-hybridized carbons (Fsp3) is 0.235. The summed E-state index contributed by atoms with van der Waals surface area (Å²) in [4.78, 5) is 16.4. The molecule has 12 heteroatoms. The van der Waals surface area contributed by atoms with E-state index in [9.17, 15) is 35.5 Å². The number of halogens is 7. The highest BCUT2D eigenvalue weighted by atomic mass is 19.4. The molecule has 1 N–H and O–H groups in total. The molecule has 0 bridgehead atoms. The van der Waals surface area contributed by atoms with Gasteiger partial charge >= 0.3 is 6.18 Å².